The molecule has 6 nitrogen and oxygen atoms in total. The maximum absolute atomic E-state index is 11.6. The van der Waals surface area contributed by atoms with Crippen molar-refractivity contribution in [1.29, 1.82) is 0 Å². The van der Waals surface area contributed by atoms with Crippen LogP contribution in [0.2, 0.25) is 0 Å². The molecule has 0 saturated carbocycles. The third kappa shape index (κ3) is 6.52. The molecule has 0 bridgehead atoms. The van der Waals surface area contributed by atoms with Crippen molar-refractivity contribution in [1.82, 2.24) is 10.3 Å². The van der Waals surface area contributed by atoms with Gasteiger partial charge in [0, 0.05) is 32.5 Å². The summed E-state index contributed by atoms with van der Waals surface area (Å²) in [6, 6.07) is 3.73. The molecule has 1 atom stereocenters. The first-order chi connectivity index (χ1) is 9.11. The third-order valence-corrected chi connectivity index (χ3v) is 2.63. The van der Waals surface area contributed by atoms with E-state index in [1.54, 1.807) is 12.4 Å². The number of aromatic nitrogens is 1. The van der Waals surface area contributed by atoms with Gasteiger partial charge in [-0.15, -0.1) is 0 Å². The zero-order chi connectivity index (χ0) is 14.1. The minimum Gasteiger partial charge on any atom is -0.481 e. The van der Waals surface area contributed by atoms with Gasteiger partial charge in [0.25, 0.3) is 0 Å². The second-order valence-corrected chi connectivity index (χ2v) is 4.12. The summed E-state index contributed by atoms with van der Waals surface area (Å²) in [5.74, 6) is -1.08. The number of hydrogen-bond donors (Lipinski definition) is 2. The number of hydrogen-bond acceptors (Lipinski definition) is 4. The number of aliphatic carboxylic acids is 1. The van der Waals surface area contributed by atoms with Crippen LogP contribution in [0.1, 0.15) is 18.4 Å². The molecule has 0 fully saturated rings. The lowest BCUT2D eigenvalue weighted by Gasteiger charge is -2.13. The van der Waals surface area contributed by atoms with Gasteiger partial charge in [-0.25, -0.2) is 0 Å². The van der Waals surface area contributed by atoms with Crippen LogP contribution in [0, 0.1) is 0 Å². The second kappa shape index (κ2) is 8.20. The SMILES string of the molecule is COC(CNC(=O)CCc1cccnc1)CC(=O)O. The Morgan fingerprint density at radius 3 is 2.89 bits per heavy atom. The highest BCUT2D eigenvalue weighted by molar-refractivity contribution is 5.76. The Kier molecular flexibility index (Phi) is 6.52. The smallest absolute Gasteiger partial charge is 0.306 e. The van der Waals surface area contributed by atoms with E-state index in [1.807, 2.05) is 12.1 Å². The van der Waals surface area contributed by atoms with Gasteiger partial charge in [-0.3, -0.25) is 14.6 Å². The van der Waals surface area contributed by atoms with E-state index in [0.29, 0.717) is 12.8 Å². The first-order valence-electron chi connectivity index (χ1n) is 6.02. The van der Waals surface area contributed by atoms with Gasteiger partial charge in [0.15, 0.2) is 0 Å². The molecule has 1 unspecified atom stereocenters. The van der Waals surface area contributed by atoms with Crippen molar-refractivity contribution in [3.05, 3.63) is 30.1 Å². The van der Waals surface area contributed by atoms with Gasteiger partial charge >= 0.3 is 5.97 Å². The summed E-state index contributed by atoms with van der Waals surface area (Å²) in [4.78, 5) is 26.1. The molecule has 1 aromatic rings. The Balaban J connectivity index is 2.25. The molecular formula is C13H18N2O4. The molecule has 0 aliphatic heterocycles. The molecule has 0 saturated heterocycles. The van der Waals surface area contributed by atoms with Crippen molar-refractivity contribution in [2.24, 2.45) is 0 Å². The predicted octanol–water partition coefficient (Wildman–Crippen LogP) is 0.620. The Bertz CT molecular complexity index is 408. The molecule has 19 heavy (non-hydrogen) atoms. The number of nitrogens with zero attached hydrogens (tertiary/aromatic N) is 1. The lowest BCUT2D eigenvalue weighted by molar-refractivity contribution is -0.140. The molecule has 2 N–H and O–H groups in total. The van der Waals surface area contributed by atoms with Crippen LogP contribution < -0.4 is 5.32 Å². The lowest BCUT2D eigenvalue weighted by atomic mass is 10.1. The lowest BCUT2D eigenvalue weighted by Crippen LogP contribution is -2.34. The molecule has 1 rings (SSSR count). The summed E-state index contributed by atoms with van der Waals surface area (Å²) in [5, 5.41) is 11.3. The maximum Gasteiger partial charge on any atom is 0.306 e. The Hall–Kier alpha value is -1.95. The van der Waals surface area contributed by atoms with Gasteiger partial charge in [0.1, 0.15) is 0 Å². The summed E-state index contributed by atoms with van der Waals surface area (Å²) < 4.78 is 4.97. The van der Waals surface area contributed by atoms with Crippen LogP contribution in [0.25, 0.3) is 0 Å². The zero-order valence-electron chi connectivity index (χ0n) is 10.8. The van der Waals surface area contributed by atoms with Crippen molar-refractivity contribution in [3.8, 4) is 0 Å². The van der Waals surface area contributed by atoms with Crippen LogP contribution in [-0.4, -0.2) is 41.7 Å². The number of nitrogens with one attached hydrogen (secondary N) is 1. The molecule has 0 aliphatic carbocycles. The van der Waals surface area contributed by atoms with Crippen molar-refractivity contribution in [2.45, 2.75) is 25.4 Å². The third-order valence-electron chi connectivity index (χ3n) is 2.63. The number of rotatable bonds is 8. The van der Waals surface area contributed by atoms with Crippen LogP contribution in [-0.2, 0) is 20.7 Å². The highest BCUT2D eigenvalue weighted by Gasteiger charge is 2.13. The summed E-state index contributed by atoms with van der Waals surface area (Å²) >= 11 is 0. The van der Waals surface area contributed by atoms with Gasteiger partial charge in [-0.2, -0.15) is 0 Å². The molecule has 6 heteroatoms. The van der Waals surface area contributed by atoms with E-state index in [-0.39, 0.29) is 18.9 Å². The van der Waals surface area contributed by atoms with Crippen LogP contribution in [0.3, 0.4) is 0 Å². The summed E-state index contributed by atoms with van der Waals surface area (Å²) in [7, 11) is 1.43. The maximum atomic E-state index is 11.6. The highest BCUT2D eigenvalue weighted by Crippen LogP contribution is 2.01. The normalized spacial score (nSPS) is 11.8. The quantitative estimate of drug-likeness (QED) is 0.720. The molecule has 104 valence electrons. The molecule has 0 aromatic carbocycles. The average molecular weight is 266 g/mol. The van der Waals surface area contributed by atoms with E-state index in [2.05, 4.69) is 10.3 Å². The molecule has 0 aliphatic rings. The van der Waals surface area contributed by atoms with Gasteiger partial charge in [-0.1, -0.05) is 6.07 Å². The van der Waals surface area contributed by atoms with Gasteiger partial charge < -0.3 is 15.2 Å². The van der Waals surface area contributed by atoms with E-state index >= 15 is 0 Å². The number of carbonyl (C=O) groups excluding carboxylic acids is 1. The number of carboxylic acids is 1. The van der Waals surface area contributed by atoms with Gasteiger partial charge in [-0.05, 0) is 18.1 Å². The van der Waals surface area contributed by atoms with E-state index in [0.717, 1.165) is 5.56 Å². The number of ether oxygens (including phenoxy) is 1. The van der Waals surface area contributed by atoms with E-state index in [1.165, 1.54) is 7.11 Å². The van der Waals surface area contributed by atoms with Crippen LogP contribution in [0.15, 0.2) is 24.5 Å². The van der Waals surface area contributed by atoms with E-state index < -0.39 is 12.1 Å². The topological polar surface area (TPSA) is 88.5 Å². The zero-order valence-corrected chi connectivity index (χ0v) is 10.8. The molecule has 0 radical (unpaired) electrons. The summed E-state index contributed by atoms with van der Waals surface area (Å²) in [6.07, 6.45) is 3.72. The fraction of sp³-hybridized carbons (Fsp3) is 0.462. The number of carboxylic acid groups (broad SMARTS) is 1. The number of carbonyl (C=O) groups is 2. The first kappa shape index (κ1) is 15.1. The molecule has 1 amide bonds. The average Bonchev–Trinajstić information content (AvgIpc) is 2.42. The van der Waals surface area contributed by atoms with E-state index in [4.69, 9.17) is 9.84 Å². The summed E-state index contributed by atoms with van der Waals surface area (Å²) in [5.41, 5.74) is 0.992. The fourth-order valence-electron chi connectivity index (χ4n) is 1.55. The molecular weight excluding hydrogens is 248 g/mol. The number of pyridine rings is 1. The largest absolute Gasteiger partial charge is 0.481 e. The fourth-order valence-corrected chi connectivity index (χ4v) is 1.55. The number of amides is 1. The van der Waals surface area contributed by atoms with Crippen LogP contribution in [0.4, 0.5) is 0 Å². The predicted molar refractivity (Wildman–Crippen MR) is 68.6 cm³/mol. The van der Waals surface area contributed by atoms with Gasteiger partial charge in [0.05, 0.1) is 12.5 Å². The van der Waals surface area contributed by atoms with Crippen LogP contribution >= 0.6 is 0 Å². The van der Waals surface area contributed by atoms with E-state index in [9.17, 15) is 9.59 Å². The summed E-state index contributed by atoms with van der Waals surface area (Å²) in [6.45, 7) is 0.203. The van der Waals surface area contributed by atoms with Gasteiger partial charge in [0.2, 0.25) is 5.91 Å². The molecule has 1 heterocycles. The Morgan fingerprint density at radius 1 is 1.53 bits per heavy atom. The monoisotopic (exact) mass is 266 g/mol. The standard InChI is InChI=1S/C13H18N2O4/c1-19-11(7-13(17)18)9-15-12(16)5-4-10-3-2-6-14-8-10/h2-3,6,8,11H,4-5,7,9H2,1H3,(H,15,16)(H,17,18). The van der Waals surface area contributed by atoms with Crippen molar-refractivity contribution < 1.29 is 19.4 Å². The van der Waals surface area contributed by atoms with Crippen molar-refractivity contribution in [2.75, 3.05) is 13.7 Å². The molecule has 0 spiro atoms. The van der Waals surface area contributed by atoms with Crippen molar-refractivity contribution >= 4 is 11.9 Å². The number of methoxy groups -OCH3 is 1. The minimum atomic E-state index is -0.948. The molecule has 1 aromatic heterocycles. The van der Waals surface area contributed by atoms with Crippen LogP contribution in [0.5, 0.6) is 0 Å². The minimum absolute atomic E-state index is 0.126. The Labute approximate surface area is 111 Å². The number of aryl methyl sites for hydroxylation is 1. The second-order valence-electron chi connectivity index (χ2n) is 4.12. The van der Waals surface area contributed by atoms with Crippen molar-refractivity contribution in [3.63, 3.8) is 0 Å². The Morgan fingerprint density at radius 2 is 2.32 bits per heavy atom. The first-order valence-corrected chi connectivity index (χ1v) is 6.02. The highest BCUT2D eigenvalue weighted by atomic mass is 16.5.